The van der Waals surface area contributed by atoms with Crippen LogP contribution in [0.2, 0.25) is 0 Å². The third-order valence-corrected chi connectivity index (χ3v) is 4.69. The van der Waals surface area contributed by atoms with Crippen molar-refractivity contribution in [2.45, 2.75) is 13.1 Å². The van der Waals surface area contributed by atoms with Gasteiger partial charge in [0.05, 0.1) is 26.2 Å². The standard InChI is InChI=1S/C15H20N2O2S2/c1-19-7-6-16-10-15(18)17(11-13-4-2-8-20-13)12-14-5-3-9-21-14/h2-5,8-9,16H,6-7,10-12H2,1H3. The highest BCUT2D eigenvalue weighted by molar-refractivity contribution is 7.10. The molecule has 2 heterocycles. The number of carbonyl (C=O) groups is 1. The van der Waals surface area contributed by atoms with E-state index in [1.165, 1.54) is 9.75 Å². The van der Waals surface area contributed by atoms with Crippen LogP contribution in [0.5, 0.6) is 0 Å². The summed E-state index contributed by atoms with van der Waals surface area (Å²) in [6.45, 7) is 2.98. The monoisotopic (exact) mass is 324 g/mol. The van der Waals surface area contributed by atoms with Gasteiger partial charge in [-0.15, -0.1) is 22.7 Å². The maximum Gasteiger partial charge on any atom is 0.237 e. The van der Waals surface area contributed by atoms with Crippen molar-refractivity contribution >= 4 is 28.6 Å². The molecule has 0 unspecified atom stereocenters. The number of thiophene rings is 2. The fourth-order valence-corrected chi connectivity index (χ4v) is 3.33. The molecule has 0 saturated carbocycles. The molecule has 0 aromatic carbocycles. The topological polar surface area (TPSA) is 41.6 Å². The molecule has 0 bridgehead atoms. The Bertz CT molecular complexity index is 476. The Labute approximate surface area is 133 Å². The summed E-state index contributed by atoms with van der Waals surface area (Å²) in [7, 11) is 1.66. The third kappa shape index (κ3) is 5.59. The van der Waals surface area contributed by atoms with E-state index in [2.05, 4.69) is 17.4 Å². The normalized spacial score (nSPS) is 10.7. The van der Waals surface area contributed by atoms with Gasteiger partial charge in [-0.2, -0.15) is 0 Å². The third-order valence-electron chi connectivity index (χ3n) is 2.97. The SMILES string of the molecule is COCCNCC(=O)N(Cc1cccs1)Cc1cccs1. The Morgan fingerprint density at radius 2 is 1.81 bits per heavy atom. The minimum atomic E-state index is 0.118. The second-order valence-electron chi connectivity index (χ2n) is 4.58. The van der Waals surface area contributed by atoms with Gasteiger partial charge >= 0.3 is 0 Å². The highest BCUT2D eigenvalue weighted by Gasteiger charge is 2.15. The van der Waals surface area contributed by atoms with Crippen LogP contribution in [-0.4, -0.2) is 37.6 Å². The zero-order valence-corrected chi connectivity index (χ0v) is 13.7. The van der Waals surface area contributed by atoms with E-state index in [0.29, 0.717) is 32.8 Å². The highest BCUT2D eigenvalue weighted by Crippen LogP contribution is 2.17. The molecule has 0 aliphatic heterocycles. The molecule has 1 amide bonds. The lowest BCUT2D eigenvalue weighted by molar-refractivity contribution is -0.131. The minimum absolute atomic E-state index is 0.118. The van der Waals surface area contributed by atoms with Crippen LogP contribution in [0.3, 0.4) is 0 Å². The van der Waals surface area contributed by atoms with Crippen molar-refractivity contribution in [3.63, 3.8) is 0 Å². The number of hydrogen-bond acceptors (Lipinski definition) is 5. The fourth-order valence-electron chi connectivity index (χ4n) is 1.89. The highest BCUT2D eigenvalue weighted by atomic mass is 32.1. The second-order valence-corrected chi connectivity index (χ2v) is 6.64. The number of nitrogens with one attached hydrogen (secondary N) is 1. The van der Waals surface area contributed by atoms with Gasteiger partial charge in [0.2, 0.25) is 5.91 Å². The molecule has 0 atom stereocenters. The molecule has 0 spiro atoms. The van der Waals surface area contributed by atoms with Gasteiger partial charge in [0, 0.05) is 23.4 Å². The molecule has 114 valence electrons. The Hall–Kier alpha value is -1.21. The van der Waals surface area contributed by atoms with Crippen molar-refractivity contribution in [2.75, 3.05) is 26.8 Å². The summed E-state index contributed by atoms with van der Waals surface area (Å²) in [4.78, 5) is 16.7. The van der Waals surface area contributed by atoms with Crippen molar-refractivity contribution in [1.82, 2.24) is 10.2 Å². The molecule has 1 N–H and O–H groups in total. The fraction of sp³-hybridized carbons (Fsp3) is 0.400. The first-order valence-corrected chi connectivity index (χ1v) is 8.57. The average molecular weight is 324 g/mol. The number of methoxy groups -OCH3 is 1. The van der Waals surface area contributed by atoms with Crippen LogP contribution in [0.1, 0.15) is 9.75 Å². The van der Waals surface area contributed by atoms with Gasteiger partial charge in [-0.3, -0.25) is 4.79 Å². The van der Waals surface area contributed by atoms with E-state index in [-0.39, 0.29) is 5.91 Å². The van der Waals surface area contributed by atoms with E-state index < -0.39 is 0 Å². The number of amides is 1. The van der Waals surface area contributed by atoms with E-state index in [0.717, 1.165) is 0 Å². The van der Waals surface area contributed by atoms with E-state index in [1.807, 2.05) is 27.8 Å². The first-order valence-electron chi connectivity index (χ1n) is 6.82. The minimum Gasteiger partial charge on any atom is -0.383 e. The Morgan fingerprint density at radius 1 is 1.19 bits per heavy atom. The van der Waals surface area contributed by atoms with Gasteiger partial charge < -0.3 is 15.0 Å². The number of rotatable bonds is 9. The quantitative estimate of drug-likeness (QED) is 0.721. The smallest absolute Gasteiger partial charge is 0.237 e. The van der Waals surface area contributed by atoms with Crippen LogP contribution < -0.4 is 5.32 Å². The van der Waals surface area contributed by atoms with Crippen LogP contribution >= 0.6 is 22.7 Å². The maximum absolute atomic E-state index is 12.4. The van der Waals surface area contributed by atoms with E-state index >= 15 is 0 Å². The Kier molecular flexibility index (Phi) is 6.88. The molecule has 0 saturated heterocycles. The van der Waals surface area contributed by atoms with Gasteiger partial charge in [-0.25, -0.2) is 0 Å². The molecule has 0 fully saturated rings. The summed E-state index contributed by atoms with van der Waals surface area (Å²) in [6.07, 6.45) is 0. The van der Waals surface area contributed by atoms with Crippen LogP contribution in [0.4, 0.5) is 0 Å². The second kappa shape index (κ2) is 8.94. The first kappa shape index (κ1) is 16.2. The van der Waals surface area contributed by atoms with Crippen molar-refractivity contribution in [2.24, 2.45) is 0 Å². The van der Waals surface area contributed by atoms with Gasteiger partial charge in [0.15, 0.2) is 0 Å². The summed E-state index contributed by atoms with van der Waals surface area (Å²) in [5.41, 5.74) is 0. The summed E-state index contributed by atoms with van der Waals surface area (Å²) in [5, 5.41) is 7.20. The van der Waals surface area contributed by atoms with Crippen molar-refractivity contribution in [3.8, 4) is 0 Å². The van der Waals surface area contributed by atoms with Crippen molar-refractivity contribution in [1.29, 1.82) is 0 Å². The first-order chi connectivity index (χ1) is 10.3. The summed E-state index contributed by atoms with van der Waals surface area (Å²) >= 11 is 3.36. The average Bonchev–Trinajstić information content (AvgIpc) is 3.16. The molecule has 0 aliphatic rings. The molecular weight excluding hydrogens is 304 g/mol. The summed E-state index contributed by atoms with van der Waals surface area (Å²) in [6, 6.07) is 8.17. The molecule has 6 heteroatoms. The molecule has 4 nitrogen and oxygen atoms in total. The maximum atomic E-state index is 12.4. The van der Waals surface area contributed by atoms with Gasteiger partial charge in [0.1, 0.15) is 0 Å². The number of hydrogen-bond donors (Lipinski definition) is 1. The molecular formula is C15H20N2O2S2. The molecule has 21 heavy (non-hydrogen) atoms. The number of carbonyl (C=O) groups excluding carboxylic acids is 1. The number of nitrogens with zero attached hydrogens (tertiary/aromatic N) is 1. The largest absolute Gasteiger partial charge is 0.383 e. The van der Waals surface area contributed by atoms with E-state index in [9.17, 15) is 4.79 Å². The van der Waals surface area contributed by atoms with Gasteiger partial charge in [-0.1, -0.05) is 12.1 Å². The molecule has 2 aromatic heterocycles. The van der Waals surface area contributed by atoms with Crippen LogP contribution in [0.15, 0.2) is 35.0 Å². The Morgan fingerprint density at radius 3 is 2.29 bits per heavy atom. The van der Waals surface area contributed by atoms with Crippen molar-refractivity contribution in [3.05, 3.63) is 44.8 Å². The zero-order valence-electron chi connectivity index (χ0n) is 12.1. The van der Waals surface area contributed by atoms with Crippen LogP contribution in [-0.2, 0) is 22.6 Å². The Balaban J connectivity index is 1.92. The molecule has 2 rings (SSSR count). The van der Waals surface area contributed by atoms with Gasteiger partial charge in [0.25, 0.3) is 0 Å². The van der Waals surface area contributed by atoms with Crippen LogP contribution in [0, 0.1) is 0 Å². The predicted molar refractivity (Wildman–Crippen MR) is 87.6 cm³/mol. The zero-order chi connectivity index (χ0) is 14.9. The summed E-state index contributed by atoms with van der Waals surface area (Å²) in [5.74, 6) is 0.118. The van der Waals surface area contributed by atoms with Crippen LogP contribution in [0.25, 0.3) is 0 Å². The van der Waals surface area contributed by atoms with E-state index in [1.54, 1.807) is 29.8 Å². The lowest BCUT2D eigenvalue weighted by Crippen LogP contribution is -2.38. The number of ether oxygens (including phenoxy) is 1. The molecule has 2 aromatic rings. The van der Waals surface area contributed by atoms with Gasteiger partial charge in [-0.05, 0) is 22.9 Å². The van der Waals surface area contributed by atoms with Crippen molar-refractivity contribution < 1.29 is 9.53 Å². The predicted octanol–water partition coefficient (Wildman–Crippen LogP) is 2.57. The van der Waals surface area contributed by atoms with E-state index in [4.69, 9.17) is 4.74 Å². The molecule has 0 radical (unpaired) electrons. The lowest BCUT2D eigenvalue weighted by Gasteiger charge is -2.22. The molecule has 0 aliphatic carbocycles. The summed E-state index contributed by atoms with van der Waals surface area (Å²) < 4.78 is 4.97. The lowest BCUT2D eigenvalue weighted by atomic mass is 10.3.